The third kappa shape index (κ3) is 4.35. The zero-order valence-corrected chi connectivity index (χ0v) is 15.4. The molecule has 5 amide bonds. The van der Waals surface area contributed by atoms with Gasteiger partial charge in [0.15, 0.2) is 0 Å². The van der Waals surface area contributed by atoms with Crippen molar-refractivity contribution in [2.75, 3.05) is 31.6 Å². The third-order valence-corrected chi connectivity index (χ3v) is 4.55. The van der Waals surface area contributed by atoms with Crippen molar-refractivity contribution >= 4 is 35.4 Å². The van der Waals surface area contributed by atoms with Gasteiger partial charge >= 0.3 is 6.09 Å². The maximum Gasteiger partial charge on any atom is 0.404 e. The Bertz CT molecular complexity index is 870. The van der Waals surface area contributed by atoms with E-state index < -0.39 is 35.8 Å². The normalized spacial score (nSPS) is 18.5. The predicted molar refractivity (Wildman–Crippen MR) is 98.4 cm³/mol. The first-order valence-electron chi connectivity index (χ1n) is 9.03. The van der Waals surface area contributed by atoms with Crippen molar-refractivity contribution in [3.63, 3.8) is 0 Å². The third-order valence-electron chi connectivity index (χ3n) is 4.55. The van der Waals surface area contributed by atoms with Gasteiger partial charge in [0.25, 0.3) is 11.8 Å². The smallest absolute Gasteiger partial charge is 0.404 e. The largest absolute Gasteiger partial charge is 0.465 e. The zero-order valence-electron chi connectivity index (χ0n) is 15.4. The molecule has 29 heavy (non-hydrogen) atoms. The topological polar surface area (TPSA) is 154 Å². The fraction of sp³-hybridized carbons (Fsp3) is 0.389. The molecular weight excluding hydrogens is 384 g/mol. The minimum Gasteiger partial charge on any atom is -0.465 e. The van der Waals surface area contributed by atoms with Crippen LogP contribution in [0.5, 0.6) is 0 Å². The molecule has 1 unspecified atom stereocenters. The Balaban J connectivity index is 1.63. The highest BCUT2D eigenvalue weighted by Crippen LogP contribution is 2.32. The number of carbonyl (C=O) groups is 5. The highest BCUT2D eigenvalue weighted by Gasteiger charge is 2.45. The van der Waals surface area contributed by atoms with Crippen LogP contribution in [0, 0.1) is 0 Å². The van der Waals surface area contributed by atoms with Crippen molar-refractivity contribution in [2.24, 2.45) is 0 Å². The molecule has 2 heterocycles. The van der Waals surface area contributed by atoms with Crippen LogP contribution in [0.25, 0.3) is 0 Å². The van der Waals surface area contributed by atoms with Crippen LogP contribution in [-0.2, 0) is 14.3 Å². The molecule has 0 spiro atoms. The number of piperidine rings is 1. The number of anilines is 1. The minimum atomic E-state index is -1.13. The molecule has 1 atom stereocenters. The van der Waals surface area contributed by atoms with Crippen LogP contribution in [0.1, 0.15) is 33.6 Å². The van der Waals surface area contributed by atoms with Crippen molar-refractivity contribution in [1.29, 1.82) is 0 Å². The number of imide groups is 2. The van der Waals surface area contributed by atoms with Gasteiger partial charge in [0.1, 0.15) is 6.04 Å². The lowest BCUT2D eigenvalue weighted by Crippen LogP contribution is -2.54. The Morgan fingerprint density at radius 1 is 1.17 bits per heavy atom. The lowest BCUT2D eigenvalue weighted by Gasteiger charge is -2.27. The van der Waals surface area contributed by atoms with Gasteiger partial charge < -0.3 is 20.5 Å². The molecule has 11 heteroatoms. The van der Waals surface area contributed by atoms with Gasteiger partial charge in [-0.1, -0.05) is 6.07 Å². The maximum atomic E-state index is 12.9. The summed E-state index contributed by atoms with van der Waals surface area (Å²) in [5.74, 6) is -2.24. The van der Waals surface area contributed by atoms with E-state index in [4.69, 9.17) is 9.84 Å². The molecular formula is C18H20N4O7. The van der Waals surface area contributed by atoms with Crippen molar-refractivity contribution in [3.05, 3.63) is 29.3 Å². The first-order valence-corrected chi connectivity index (χ1v) is 9.03. The number of amides is 5. The Labute approximate surface area is 165 Å². The summed E-state index contributed by atoms with van der Waals surface area (Å²) in [4.78, 5) is 60.3. The average Bonchev–Trinajstić information content (AvgIpc) is 2.92. The van der Waals surface area contributed by atoms with E-state index in [-0.39, 0.29) is 43.7 Å². The van der Waals surface area contributed by atoms with Crippen molar-refractivity contribution < 1.29 is 33.8 Å². The second-order valence-electron chi connectivity index (χ2n) is 6.45. The van der Waals surface area contributed by atoms with Gasteiger partial charge in [-0.25, -0.2) is 4.79 Å². The summed E-state index contributed by atoms with van der Waals surface area (Å²) >= 11 is 0. The second kappa shape index (κ2) is 8.69. The van der Waals surface area contributed by atoms with E-state index in [2.05, 4.69) is 16.0 Å². The summed E-state index contributed by atoms with van der Waals surface area (Å²) in [7, 11) is 0. The monoisotopic (exact) mass is 404 g/mol. The Morgan fingerprint density at radius 2 is 1.93 bits per heavy atom. The molecule has 1 aromatic carbocycles. The maximum absolute atomic E-state index is 12.9. The van der Waals surface area contributed by atoms with E-state index in [1.54, 1.807) is 12.1 Å². The minimum absolute atomic E-state index is 0.0585. The van der Waals surface area contributed by atoms with Crippen LogP contribution in [-0.4, -0.2) is 72.1 Å². The van der Waals surface area contributed by atoms with Crippen LogP contribution < -0.4 is 16.0 Å². The number of ether oxygens (including phenoxy) is 1. The summed E-state index contributed by atoms with van der Waals surface area (Å²) in [5.41, 5.74) is 0.800. The number of nitrogens with one attached hydrogen (secondary N) is 3. The fourth-order valence-corrected chi connectivity index (χ4v) is 3.25. The molecule has 1 aromatic rings. The SMILES string of the molecule is O=C(O)NCCOCCNc1cccc2c1C(=O)N(C1CCC(=O)NC1=O)C2=O. The van der Waals surface area contributed by atoms with Gasteiger partial charge in [0, 0.05) is 25.2 Å². The molecule has 0 radical (unpaired) electrons. The quantitative estimate of drug-likeness (QED) is 0.343. The average molecular weight is 404 g/mol. The zero-order chi connectivity index (χ0) is 21.0. The van der Waals surface area contributed by atoms with E-state index in [0.717, 1.165) is 4.90 Å². The lowest BCUT2D eigenvalue weighted by molar-refractivity contribution is -0.136. The van der Waals surface area contributed by atoms with Crippen molar-refractivity contribution in [1.82, 2.24) is 15.5 Å². The van der Waals surface area contributed by atoms with Crippen molar-refractivity contribution in [3.8, 4) is 0 Å². The molecule has 3 rings (SSSR count). The molecule has 0 aromatic heterocycles. The van der Waals surface area contributed by atoms with E-state index in [0.29, 0.717) is 12.2 Å². The van der Waals surface area contributed by atoms with E-state index >= 15 is 0 Å². The Morgan fingerprint density at radius 3 is 2.66 bits per heavy atom. The van der Waals surface area contributed by atoms with Crippen LogP contribution >= 0.6 is 0 Å². The molecule has 1 fully saturated rings. The Kier molecular flexibility index (Phi) is 6.07. The number of carbonyl (C=O) groups excluding carboxylic acids is 4. The number of hydrogen-bond acceptors (Lipinski definition) is 7. The molecule has 0 aliphatic carbocycles. The molecule has 154 valence electrons. The van der Waals surface area contributed by atoms with Gasteiger partial charge in [-0.3, -0.25) is 29.4 Å². The van der Waals surface area contributed by atoms with Gasteiger partial charge in [-0.15, -0.1) is 0 Å². The van der Waals surface area contributed by atoms with E-state index in [1.165, 1.54) is 6.07 Å². The lowest BCUT2D eigenvalue weighted by atomic mass is 10.0. The predicted octanol–water partition coefficient (Wildman–Crippen LogP) is -0.216. The number of benzene rings is 1. The fourth-order valence-electron chi connectivity index (χ4n) is 3.25. The van der Waals surface area contributed by atoms with Crippen LogP contribution in [0.3, 0.4) is 0 Å². The van der Waals surface area contributed by atoms with Gasteiger partial charge in [0.2, 0.25) is 11.8 Å². The summed E-state index contributed by atoms with van der Waals surface area (Å²) in [6.07, 6.45) is -0.976. The van der Waals surface area contributed by atoms with Gasteiger partial charge in [0.05, 0.1) is 24.3 Å². The summed E-state index contributed by atoms with van der Waals surface area (Å²) in [6.45, 7) is 0.929. The van der Waals surface area contributed by atoms with E-state index in [9.17, 15) is 24.0 Å². The van der Waals surface area contributed by atoms with Crippen LogP contribution in [0.15, 0.2) is 18.2 Å². The molecule has 2 aliphatic heterocycles. The standard InChI is InChI=1S/C18H20N4O7/c23-13-5-4-12(15(24)21-13)22-16(25)10-2-1-3-11(14(10)17(22)26)19-6-8-29-9-7-20-18(27)28/h1-3,12,19-20H,4-9H2,(H,27,28)(H,21,23,24). The van der Waals surface area contributed by atoms with Crippen molar-refractivity contribution in [2.45, 2.75) is 18.9 Å². The molecule has 0 bridgehead atoms. The summed E-state index contributed by atoms with van der Waals surface area (Å²) in [5, 5.41) is 15.8. The van der Waals surface area contributed by atoms with Gasteiger partial charge in [-0.05, 0) is 18.6 Å². The molecule has 1 saturated heterocycles. The molecule has 4 N–H and O–H groups in total. The Hall–Kier alpha value is -3.47. The first kappa shape index (κ1) is 20.3. The molecule has 0 saturated carbocycles. The highest BCUT2D eigenvalue weighted by atomic mass is 16.5. The number of nitrogens with zero attached hydrogens (tertiary/aromatic N) is 1. The first-order chi connectivity index (χ1) is 13.9. The highest BCUT2D eigenvalue weighted by molar-refractivity contribution is 6.25. The van der Waals surface area contributed by atoms with Crippen LogP contribution in [0.4, 0.5) is 10.5 Å². The number of fused-ring (bicyclic) bond motifs is 1. The molecule has 2 aliphatic rings. The number of hydrogen-bond donors (Lipinski definition) is 4. The second-order valence-corrected chi connectivity index (χ2v) is 6.45. The van der Waals surface area contributed by atoms with Crippen LogP contribution in [0.2, 0.25) is 0 Å². The summed E-state index contributed by atoms with van der Waals surface area (Å²) in [6, 6.07) is 3.76. The number of carboxylic acid groups (broad SMARTS) is 1. The van der Waals surface area contributed by atoms with E-state index in [1.807, 2.05) is 0 Å². The summed E-state index contributed by atoms with van der Waals surface area (Å²) < 4.78 is 5.28. The van der Waals surface area contributed by atoms with Gasteiger partial charge in [-0.2, -0.15) is 0 Å². The molecule has 11 nitrogen and oxygen atoms in total. The number of rotatable bonds is 8.